The second kappa shape index (κ2) is 2.65. The lowest BCUT2D eigenvalue weighted by Gasteiger charge is -2.16. The van der Waals surface area contributed by atoms with Gasteiger partial charge in [0.2, 0.25) is 0 Å². The molecule has 2 aromatic heterocycles. The van der Waals surface area contributed by atoms with Crippen molar-refractivity contribution < 1.29 is 0 Å². The van der Waals surface area contributed by atoms with Crippen LogP contribution in [-0.2, 0) is 13.0 Å². The van der Waals surface area contributed by atoms with Gasteiger partial charge >= 0.3 is 5.69 Å². The fourth-order valence-electron chi connectivity index (χ4n) is 1.81. The summed E-state index contributed by atoms with van der Waals surface area (Å²) in [5, 5.41) is 7.10. The van der Waals surface area contributed by atoms with Crippen LogP contribution < -0.4 is 11.0 Å². The zero-order valence-electron chi connectivity index (χ0n) is 7.45. The molecule has 0 aliphatic carbocycles. The van der Waals surface area contributed by atoms with Crippen LogP contribution in [-0.4, -0.2) is 26.1 Å². The summed E-state index contributed by atoms with van der Waals surface area (Å²) in [6.07, 6.45) is 2.24. The lowest BCUT2D eigenvalue weighted by atomic mass is 10.1. The molecular formula is C8H9N5O. The first-order valence-corrected chi connectivity index (χ1v) is 4.51. The molecule has 0 atom stereocenters. The summed E-state index contributed by atoms with van der Waals surface area (Å²) >= 11 is 0. The molecule has 0 aromatic carbocycles. The summed E-state index contributed by atoms with van der Waals surface area (Å²) in [7, 11) is 0. The van der Waals surface area contributed by atoms with Crippen LogP contribution in [0, 0.1) is 0 Å². The number of rotatable bonds is 0. The van der Waals surface area contributed by atoms with Gasteiger partial charge in [-0.2, -0.15) is 9.61 Å². The van der Waals surface area contributed by atoms with Crippen molar-refractivity contribution in [1.29, 1.82) is 0 Å². The molecule has 3 heterocycles. The lowest BCUT2D eigenvalue weighted by molar-refractivity contribution is 0.621. The van der Waals surface area contributed by atoms with Crippen LogP contribution in [0.15, 0.2) is 11.1 Å². The number of hydrogen-bond donors (Lipinski definition) is 2. The van der Waals surface area contributed by atoms with E-state index in [0.29, 0.717) is 5.65 Å². The Morgan fingerprint density at radius 3 is 3.36 bits per heavy atom. The second-order valence-corrected chi connectivity index (χ2v) is 3.31. The van der Waals surface area contributed by atoms with Gasteiger partial charge in [0.05, 0.1) is 0 Å². The SMILES string of the molecule is O=c1[nH]c2c(c3ncnn13)CNCC2. The van der Waals surface area contributed by atoms with Crippen molar-refractivity contribution in [2.45, 2.75) is 13.0 Å². The molecule has 0 bridgehead atoms. The Morgan fingerprint density at radius 1 is 1.50 bits per heavy atom. The zero-order valence-corrected chi connectivity index (χ0v) is 7.45. The van der Waals surface area contributed by atoms with Crippen molar-refractivity contribution in [2.75, 3.05) is 6.54 Å². The van der Waals surface area contributed by atoms with Crippen LogP contribution in [0.25, 0.3) is 5.65 Å². The highest BCUT2D eigenvalue weighted by Gasteiger charge is 2.15. The Labute approximate surface area is 79.0 Å². The van der Waals surface area contributed by atoms with E-state index in [4.69, 9.17) is 0 Å². The zero-order chi connectivity index (χ0) is 9.54. The van der Waals surface area contributed by atoms with E-state index in [2.05, 4.69) is 20.4 Å². The van der Waals surface area contributed by atoms with Crippen molar-refractivity contribution in [3.63, 3.8) is 0 Å². The summed E-state index contributed by atoms with van der Waals surface area (Å²) in [5.41, 5.74) is 2.48. The van der Waals surface area contributed by atoms with Gasteiger partial charge in [-0.15, -0.1) is 0 Å². The van der Waals surface area contributed by atoms with Gasteiger partial charge in [-0.25, -0.2) is 9.78 Å². The first-order chi connectivity index (χ1) is 6.86. The molecule has 14 heavy (non-hydrogen) atoms. The highest BCUT2D eigenvalue weighted by molar-refractivity contribution is 5.48. The van der Waals surface area contributed by atoms with Gasteiger partial charge in [-0.05, 0) is 0 Å². The fraction of sp³-hybridized carbons (Fsp3) is 0.375. The molecule has 3 rings (SSSR count). The van der Waals surface area contributed by atoms with Crippen molar-refractivity contribution >= 4 is 5.65 Å². The number of aromatic amines is 1. The Kier molecular flexibility index (Phi) is 1.45. The predicted molar refractivity (Wildman–Crippen MR) is 49.0 cm³/mol. The maximum atomic E-state index is 11.5. The van der Waals surface area contributed by atoms with Gasteiger partial charge in [-0.1, -0.05) is 0 Å². The van der Waals surface area contributed by atoms with E-state index in [1.807, 2.05) is 0 Å². The molecule has 1 aliphatic heterocycles. The normalized spacial score (nSPS) is 15.7. The molecule has 2 N–H and O–H groups in total. The molecule has 1 aliphatic rings. The Balaban J connectivity index is 2.44. The number of H-pyrrole nitrogens is 1. The van der Waals surface area contributed by atoms with Crippen molar-refractivity contribution in [1.82, 2.24) is 24.9 Å². The van der Waals surface area contributed by atoms with Crippen LogP contribution in [0.3, 0.4) is 0 Å². The van der Waals surface area contributed by atoms with E-state index in [1.54, 1.807) is 0 Å². The smallest absolute Gasteiger partial charge is 0.312 e. The fourth-order valence-corrected chi connectivity index (χ4v) is 1.81. The average molecular weight is 191 g/mol. The van der Waals surface area contributed by atoms with E-state index in [-0.39, 0.29) is 5.69 Å². The molecule has 0 unspecified atom stereocenters. The standard InChI is InChI=1S/C8H9N5O/c14-8-12-6-1-2-9-3-5(6)7-10-4-11-13(7)8/h4,9H,1-3H2,(H,12,14). The third-order valence-electron chi connectivity index (χ3n) is 2.49. The predicted octanol–water partition coefficient (Wildman–Crippen LogP) is -0.937. The molecule has 0 saturated heterocycles. The topological polar surface area (TPSA) is 75.1 Å². The molecular weight excluding hydrogens is 182 g/mol. The van der Waals surface area contributed by atoms with E-state index in [9.17, 15) is 4.79 Å². The third kappa shape index (κ3) is 0.912. The number of nitrogens with one attached hydrogen (secondary N) is 2. The van der Waals surface area contributed by atoms with Gasteiger partial charge in [0.25, 0.3) is 0 Å². The molecule has 6 heteroatoms. The summed E-state index contributed by atoms with van der Waals surface area (Å²) in [6, 6.07) is 0. The molecule has 0 saturated carbocycles. The largest absolute Gasteiger partial charge is 0.348 e. The van der Waals surface area contributed by atoms with Gasteiger partial charge in [0, 0.05) is 30.8 Å². The Hall–Kier alpha value is -1.69. The molecule has 2 aromatic rings. The summed E-state index contributed by atoms with van der Waals surface area (Å²) in [4.78, 5) is 18.4. The second-order valence-electron chi connectivity index (χ2n) is 3.31. The maximum absolute atomic E-state index is 11.5. The number of fused-ring (bicyclic) bond motifs is 3. The first-order valence-electron chi connectivity index (χ1n) is 4.51. The van der Waals surface area contributed by atoms with Gasteiger partial charge in [0.15, 0.2) is 5.65 Å². The first kappa shape index (κ1) is 7.69. The quantitative estimate of drug-likeness (QED) is 0.563. The van der Waals surface area contributed by atoms with Crippen molar-refractivity contribution in [3.8, 4) is 0 Å². The van der Waals surface area contributed by atoms with Gasteiger partial charge in [0.1, 0.15) is 6.33 Å². The average Bonchev–Trinajstić information content (AvgIpc) is 2.67. The van der Waals surface area contributed by atoms with Crippen LogP contribution in [0.1, 0.15) is 11.3 Å². The highest BCUT2D eigenvalue weighted by atomic mass is 16.1. The monoisotopic (exact) mass is 191 g/mol. The number of hydrogen-bond acceptors (Lipinski definition) is 4. The minimum absolute atomic E-state index is 0.210. The van der Waals surface area contributed by atoms with Crippen molar-refractivity contribution in [2.24, 2.45) is 0 Å². The molecule has 0 amide bonds. The lowest BCUT2D eigenvalue weighted by Crippen LogP contribution is -2.30. The maximum Gasteiger partial charge on any atom is 0.348 e. The molecule has 0 fully saturated rings. The van der Waals surface area contributed by atoms with Crippen LogP contribution in [0.5, 0.6) is 0 Å². The molecule has 0 radical (unpaired) electrons. The van der Waals surface area contributed by atoms with E-state index < -0.39 is 0 Å². The summed E-state index contributed by atoms with van der Waals surface area (Å²) < 4.78 is 1.30. The van der Waals surface area contributed by atoms with Gasteiger partial charge in [-0.3, -0.25) is 0 Å². The third-order valence-corrected chi connectivity index (χ3v) is 2.49. The van der Waals surface area contributed by atoms with Crippen LogP contribution in [0.4, 0.5) is 0 Å². The van der Waals surface area contributed by atoms with E-state index in [1.165, 1.54) is 10.8 Å². The minimum atomic E-state index is -0.210. The Bertz CT molecular complexity index is 540. The summed E-state index contributed by atoms with van der Waals surface area (Å²) in [5.74, 6) is 0. The van der Waals surface area contributed by atoms with Crippen LogP contribution in [0.2, 0.25) is 0 Å². The van der Waals surface area contributed by atoms with E-state index >= 15 is 0 Å². The molecule has 6 nitrogen and oxygen atoms in total. The van der Waals surface area contributed by atoms with Crippen LogP contribution >= 0.6 is 0 Å². The Morgan fingerprint density at radius 2 is 2.43 bits per heavy atom. The summed E-state index contributed by atoms with van der Waals surface area (Å²) in [6.45, 7) is 1.64. The number of aromatic nitrogens is 4. The van der Waals surface area contributed by atoms with E-state index in [0.717, 1.165) is 30.8 Å². The minimum Gasteiger partial charge on any atom is -0.312 e. The van der Waals surface area contributed by atoms with Gasteiger partial charge < -0.3 is 10.3 Å². The number of nitrogens with zero attached hydrogens (tertiary/aromatic N) is 3. The molecule has 0 spiro atoms. The highest BCUT2D eigenvalue weighted by Crippen LogP contribution is 2.12. The van der Waals surface area contributed by atoms with Crippen molar-refractivity contribution in [3.05, 3.63) is 28.1 Å². The molecule has 72 valence electrons.